The smallest absolute Gasteiger partial charge is 0.320 e. The van der Waals surface area contributed by atoms with E-state index in [9.17, 15) is 9.59 Å². The number of carboxylic acid groups (broad SMARTS) is 1. The number of nitrogens with two attached hydrogens (primary N) is 1. The van der Waals surface area contributed by atoms with Gasteiger partial charge in [0.2, 0.25) is 5.91 Å². The molecule has 118 valence electrons. The molecule has 0 saturated heterocycles. The number of unbranched alkanes of at least 4 members (excludes halogenated alkanes) is 6. The highest BCUT2D eigenvalue weighted by atomic mass is 16.4. The summed E-state index contributed by atoms with van der Waals surface area (Å²) in [4.78, 5) is 22.0. The average molecular weight is 286 g/mol. The van der Waals surface area contributed by atoms with Crippen molar-refractivity contribution in [1.29, 1.82) is 0 Å². The molecule has 0 unspecified atom stereocenters. The van der Waals surface area contributed by atoms with Gasteiger partial charge in [-0.1, -0.05) is 39.0 Å². The number of carbonyl (C=O) groups excluding carboxylic acids is 1. The molecule has 0 rings (SSSR count). The third-order valence-corrected chi connectivity index (χ3v) is 3.34. The Kier molecular flexibility index (Phi) is 12.2. The first-order valence-electron chi connectivity index (χ1n) is 7.83. The molecule has 0 saturated carbocycles. The molecule has 0 aromatic rings. The van der Waals surface area contributed by atoms with Crippen LogP contribution in [0.15, 0.2) is 0 Å². The van der Waals surface area contributed by atoms with E-state index in [0.717, 1.165) is 25.7 Å². The third-order valence-electron chi connectivity index (χ3n) is 3.34. The largest absolute Gasteiger partial charge is 0.480 e. The normalized spacial score (nSPS) is 12.1. The van der Waals surface area contributed by atoms with Crippen molar-refractivity contribution in [2.45, 2.75) is 77.2 Å². The van der Waals surface area contributed by atoms with Crippen LogP contribution in [0.3, 0.4) is 0 Å². The zero-order valence-corrected chi connectivity index (χ0v) is 12.7. The van der Waals surface area contributed by atoms with Crippen molar-refractivity contribution in [3.05, 3.63) is 0 Å². The van der Waals surface area contributed by atoms with Crippen LogP contribution in [0.5, 0.6) is 0 Å². The first kappa shape index (κ1) is 18.9. The van der Waals surface area contributed by atoms with E-state index in [2.05, 4.69) is 12.2 Å². The molecule has 4 N–H and O–H groups in total. The van der Waals surface area contributed by atoms with Crippen LogP contribution in [0.4, 0.5) is 0 Å². The number of carboxylic acids is 1. The lowest BCUT2D eigenvalue weighted by Crippen LogP contribution is -2.30. The predicted molar refractivity (Wildman–Crippen MR) is 80.5 cm³/mol. The van der Waals surface area contributed by atoms with Crippen molar-refractivity contribution in [1.82, 2.24) is 5.32 Å². The zero-order valence-electron chi connectivity index (χ0n) is 12.7. The topological polar surface area (TPSA) is 92.4 Å². The van der Waals surface area contributed by atoms with Crippen molar-refractivity contribution in [3.63, 3.8) is 0 Å². The predicted octanol–water partition coefficient (Wildman–Crippen LogP) is 2.44. The molecule has 0 aliphatic rings. The maximum Gasteiger partial charge on any atom is 0.320 e. The van der Waals surface area contributed by atoms with Gasteiger partial charge in [-0.3, -0.25) is 9.59 Å². The van der Waals surface area contributed by atoms with Gasteiger partial charge in [0.05, 0.1) is 0 Å². The molecule has 5 heteroatoms. The van der Waals surface area contributed by atoms with Crippen LogP contribution in [0.2, 0.25) is 0 Å². The van der Waals surface area contributed by atoms with Crippen molar-refractivity contribution in [3.8, 4) is 0 Å². The molecule has 0 heterocycles. The first-order chi connectivity index (χ1) is 9.57. The van der Waals surface area contributed by atoms with E-state index in [0.29, 0.717) is 19.4 Å². The van der Waals surface area contributed by atoms with Crippen LogP contribution in [0.1, 0.15) is 71.1 Å². The number of hydrogen-bond acceptors (Lipinski definition) is 3. The van der Waals surface area contributed by atoms with Crippen LogP contribution in [0, 0.1) is 0 Å². The molecule has 0 fully saturated rings. The molecule has 1 atom stereocenters. The van der Waals surface area contributed by atoms with Gasteiger partial charge >= 0.3 is 5.97 Å². The lowest BCUT2D eigenvalue weighted by atomic mass is 10.1. The summed E-state index contributed by atoms with van der Waals surface area (Å²) in [6, 6.07) is -0.783. The van der Waals surface area contributed by atoms with Gasteiger partial charge in [0.15, 0.2) is 0 Å². The minimum absolute atomic E-state index is 0.100. The Morgan fingerprint density at radius 2 is 1.70 bits per heavy atom. The molecule has 0 radical (unpaired) electrons. The summed E-state index contributed by atoms with van der Waals surface area (Å²) in [5, 5.41) is 11.5. The Morgan fingerprint density at radius 3 is 2.35 bits per heavy atom. The number of aliphatic carboxylic acids is 1. The summed E-state index contributed by atoms with van der Waals surface area (Å²) in [5.41, 5.74) is 5.39. The Morgan fingerprint density at radius 1 is 1.05 bits per heavy atom. The fourth-order valence-corrected chi connectivity index (χ4v) is 1.99. The van der Waals surface area contributed by atoms with E-state index in [1.165, 1.54) is 25.7 Å². The maximum atomic E-state index is 11.5. The molecule has 0 aromatic heterocycles. The number of hydrogen-bond donors (Lipinski definition) is 3. The Bertz CT molecular complexity index is 270. The first-order valence-corrected chi connectivity index (χ1v) is 7.83. The van der Waals surface area contributed by atoms with E-state index in [4.69, 9.17) is 10.8 Å². The van der Waals surface area contributed by atoms with E-state index in [1.807, 2.05) is 0 Å². The standard InChI is InChI=1S/C15H30N2O3/c1-2-3-4-5-6-7-11-14(18)17-12-9-8-10-13(16)15(19)20/h13H,2-12,16H2,1H3,(H,17,18)(H,19,20)/t13-/m0/s1. The second-order valence-electron chi connectivity index (χ2n) is 5.31. The molecular formula is C15H30N2O3. The summed E-state index contributed by atoms with van der Waals surface area (Å²) in [7, 11) is 0. The quantitative estimate of drug-likeness (QED) is 0.453. The number of rotatable bonds is 13. The van der Waals surface area contributed by atoms with Crippen LogP contribution in [0.25, 0.3) is 0 Å². The average Bonchev–Trinajstić information content (AvgIpc) is 2.41. The van der Waals surface area contributed by atoms with E-state index in [-0.39, 0.29) is 5.91 Å². The maximum absolute atomic E-state index is 11.5. The molecule has 0 aliphatic heterocycles. The van der Waals surface area contributed by atoms with Gasteiger partial charge in [-0.15, -0.1) is 0 Å². The second-order valence-corrected chi connectivity index (χ2v) is 5.31. The van der Waals surface area contributed by atoms with Crippen molar-refractivity contribution < 1.29 is 14.7 Å². The van der Waals surface area contributed by atoms with Gasteiger partial charge in [-0.05, 0) is 25.7 Å². The van der Waals surface area contributed by atoms with Gasteiger partial charge < -0.3 is 16.2 Å². The monoisotopic (exact) mass is 286 g/mol. The fraction of sp³-hybridized carbons (Fsp3) is 0.867. The molecular weight excluding hydrogens is 256 g/mol. The minimum atomic E-state index is -0.961. The lowest BCUT2D eigenvalue weighted by Gasteiger charge is -2.07. The number of nitrogens with one attached hydrogen (secondary N) is 1. The Balaban J connectivity index is 3.30. The van der Waals surface area contributed by atoms with Crippen LogP contribution in [-0.4, -0.2) is 29.6 Å². The lowest BCUT2D eigenvalue weighted by molar-refractivity contribution is -0.138. The summed E-state index contributed by atoms with van der Waals surface area (Å²) in [5.74, 6) is -0.861. The number of amides is 1. The SMILES string of the molecule is CCCCCCCCC(=O)NCCCC[C@H](N)C(=O)O. The number of carbonyl (C=O) groups is 2. The van der Waals surface area contributed by atoms with E-state index < -0.39 is 12.0 Å². The highest BCUT2D eigenvalue weighted by molar-refractivity contribution is 5.75. The molecule has 0 spiro atoms. The van der Waals surface area contributed by atoms with Crippen molar-refractivity contribution in [2.24, 2.45) is 5.73 Å². The second kappa shape index (κ2) is 12.9. The minimum Gasteiger partial charge on any atom is -0.480 e. The van der Waals surface area contributed by atoms with E-state index >= 15 is 0 Å². The fourth-order valence-electron chi connectivity index (χ4n) is 1.99. The van der Waals surface area contributed by atoms with Crippen LogP contribution < -0.4 is 11.1 Å². The zero-order chi connectivity index (χ0) is 15.2. The Labute approximate surface area is 122 Å². The Hall–Kier alpha value is -1.10. The van der Waals surface area contributed by atoms with E-state index in [1.54, 1.807) is 0 Å². The summed E-state index contributed by atoms with van der Waals surface area (Å²) in [6.07, 6.45) is 9.66. The van der Waals surface area contributed by atoms with Gasteiger partial charge in [0, 0.05) is 13.0 Å². The summed E-state index contributed by atoms with van der Waals surface area (Å²) >= 11 is 0. The van der Waals surface area contributed by atoms with Crippen LogP contribution >= 0.6 is 0 Å². The molecule has 5 nitrogen and oxygen atoms in total. The molecule has 1 amide bonds. The highest BCUT2D eigenvalue weighted by Crippen LogP contribution is 2.06. The van der Waals surface area contributed by atoms with Crippen molar-refractivity contribution >= 4 is 11.9 Å². The van der Waals surface area contributed by atoms with Gasteiger partial charge in [0.1, 0.15) is 6.04 Å². The van der Waals surface area contributed by atoms with Crippen LogP contribution in [-0.2, 0) is 9.59 Å². The third kappa shape index (κ3) is 12.0. The molecule has 0 bridgehead atoms. The molecule has 0 aromatic carbocycles. The van der Waals surface area contributed by atoms with Crippen molar-refractivity contribution in [2.75, 3.05) is 6.54 Å². The highest BCUT2D eigenvalue weighted by Gasteiger charge is 2.10. The summed E-state index contributed by atoms with van der Waals surface area (Å²) in [6.45, 7) is 2.80. The van der Waals surface area contributed by atoms with Gasteiger partial charge in [-0.2, -0.15) is 0 Å². The van der Waals surface area contributed by atoms with Gasteiger partial charge in [-0.25, -0.2) is 0 Å². The van der Waals surface area contributed by atoms with Gasteiger partial charge in [0.25, 0.3) is 0 Å². The summed E-state index contributed by atoms with van der Waals surface area (Å²) < 4.78 is 0. The molecule has 20 heavy (non-hydrogen) atoms. The molecule has 0 aliphatic carbocycles.